The molecule has 200 valence electrons. The van der Waals surface area contributed by atoms with Gasteiger partial charge in [-0.3, -0.25) is 9.52 Å². The number of rotatable bonds is 13. The summed E-state index contributed by atoms with van der Waals surface area (Å²) in [6.45, 7) is 13.0. The molecule has 1 aromatic carbocycles. The molecule has 0 radical (unpaired) electrons. The van der Waals surface area contributed by atoms with Crippen molar-refractivity contribution < 1.29 is 37.0 Å². The Kier molecular flexibility index (Phi) is 14.9. The van der Waals surface area contributed by atoms with E-state index < -0.39 is 29.3 Å². The summed E-state index contributed by atoms with van der Waals surface area (Å²) in [4.78, 5) is 22.8. The minimum absolute atomic E-state index is 0.0657. The van der Waals surface area contributed by atoms with E-state index in [1.54, 1.807) is 23.5 Å². The molecule has 11 heteroatoms. The number of nitrogens with one attached hydrogen (secondary N) is 2. The normalized spacial score (nSPS) is 12.2. The Morgan fingerprint density at radius 2 is 1.60 bits per heavy atom. The fourth-order valence-electron chi connectivity index (χ4n) is 2.28. The van der Waals surface area contributed by atoms with Gasteiger partial charge in [-0.15, -0.1) is 0 Å². The Bertz CT molecular complexity index is 797. The van der Waals surface area contributed by atoms with Crippen LogP contribution in [0.3, 0.4) is 0 Å². The first-order chi connectivity index (χ1) is 16.2. The topological polar surface area (TPSA) is 85.9 Å². The number of esters is 1. The number of hydrogen-bond acceptors (Lipinski definition) is 7. The lowest BCUT2D eigenvalue weighted by molar-refractivity contribution is -0.167. The molecule has 1 rings (SSSR count). The highest BCUT2D eigenvalue weighted by Gasteiger charge is 2.38. The quantitative estimate of drug-likeness (QED) is 0.200. The Balaban J connectivity index is 0.00000562. The molecule has 0 bridgehead atoms. The molecule has 0 unspecified atom stereocenters. The van der Waals surface area contributed by atoms with E-state index in [-0.39, 0.29) is 12.3 Å². The molecule has 0 heterocycles. The van der Waals surface area contributed by atoms with Crippen molar-refractivity contribution in [3.63, 3.8) is 0 Å². The number of alkyl halides is 3. The maximum Gasteiger partial charge on any atom is 0.471 e. The van der Waals surface area contributed by atoms with Crippen LogP contribution in [-0.4, -0.2) is 56.1 Å². The van der Waals surface area contributed by atoms with Gasteiger partial charge in [-0.25, -0.2) is 4.79 Å². The first-order valence-corrected chi connectivity index (χ1v) is 12.0. The third-order valence-electron chi connectivity index (χ3n) is 4.28. The van der Waals surface area contributed by atoms with Crippen LogP contribution in [0.15, 0.2) is 41.3 Å². The summed E-state index contributed by atoms with van der Waals surface area (Å²) in [5.74, 6) is -2.44. The predicted octanol–water partition coefficient (Wildman–Crippen LogP) is 5.52. The number of benzene rings is 1. The lowest BCUT2D eigenvalue weighted by Crippen LogP contribution is -2.37. The molecule has 7 nitrogen and oxygen atoms in total. The molecule has 0 saturated carbocycles. The molecule has 1 amide bonds. The molecule has 2 N–H and O–H groups in total. The van der Waals surface area contributed by atoms with E-state index in [2.05, 4.69) is 9.46 Å². The highest BCUT2D eigenvalue weighted by atomic mass is 32.2. The second-order valence-corrected chi connectivity index (χ2v) is 9.22. The maximum atomic E-state index is 12.3. The van der Waals surface area contributed by atoms with Crippen LogP contribution >= 0.6 is 11.9 Å². The Morgan fingerprint density at radius 3 is 2.14 bits per heavy atom. The monoisotopic (exact) mass is 522 g/mol. The van der Waals surface area contributed by atoms with Crippen molar-refractivity contribution in [3.8, 4) is 0 Å². The average Bonchev–Trinajstić information content (AvgIpc) is 2.78. The van der Waals surface area contributed by atoms with Gasteiger partial charge in [-0.1, -0.05) is 19.9 Å². The summed E-state index contributed by atoms with van der Waals surface area (Å²) >= 11 is 1.30. The van der Waals surface area contributed by atoms with Crippen LogP contribution in [0, 0.1) is 0 Å². The van der Waals surface area contributed by atoms with Gasteiger partial charge in [0.1, 0.15) is 0 Å². The molecule has 35 heavy (non-hydrogen) atoms. The van der Waals surface area contributed by atoms with Crippen molar-refractivity contribution >= 4 is 29.5 Å². The van der Waals surface area contributed by atoms with E-state index >= 15 is 0 Å². The third kappa shape index (κ3) is 15.5. The van der Waals surface area contributed by atoms with Crippen molar-refractivity contribution in [2.24, 2.45) is 0 Å². The maximum absolute atomic E-state index is 12.3. The molecule has 0 spiro atoms. The van der Waals surface area contributed by atoms with Gasteiger partial charge in [0.2, 0.25) is 0 Å². The summed E-state index contributed by atoms with van der Waals surface area (Å²) in [5.41, 5.74) is -0.854. The Morgan fingerprint density at radius 1 is 1.00 bits per heavy atom. The van der Waals surface area contributed by atoms with Crippen LogP contribution in [0.1, 0.15) is 48.0 Å². The van der Waals surface area contributed by atoms with Crippen LogP contribution in [0.2, 0.25) is 0 Å². The van der Waals surface area contributed by atoms with E-state index in [0.29, 0.717) is 19.6 Å². The van der Waals surface area contributed by atoms with E-state index in [4.69, 9.17) is 9.47 Å². The Labute approximate surface area is 210 Å². The minimum Gasteiger partial charge on any atom is -0.466 e. The van der Waals surface area contributed by atoms with Gasteiger partial charge in [0.25, 0.3) is 0 Å². The minimum atomic E-state index is -4.93. The zero-order valence-electron chi connectivity index (χ0n) is 21.4. The van der Waals surface area contributed by atoms with Crippen LogP contribution in [0.5, 0.6) is 0 Å². The lowest BCUT2D eigenvalue weighted by Gasteiger charge is -2.29. The SMILES string of the molecule is CC.COC(=O)/C=C/COC(C)(C)CCOC(C)(C)CNSc1ccc(NC(=O)C(F)(F)F)cc1. The number of anilines is 1. The summed E-state index contributed by atoms with van der Waals surface area (Å²) in [7, 11) is 1.31. The van der Waals surface area contributed by atoms with E-state index in [1.165, 1.54) is 37.3 Å². The van der Waals surface area contributed by atoms with Gasteiger partial charge in [0.15, 0.2) is 0 Å². The summed E-state index contributed by atoms with van der Waals surface area (Å²) in [5, 5.41) is 1.80. The van der Waals surface area contributed by atoms with Gasteiger partial charge in [-0.05, 0) is 70.3 Å². The third-order valence-corrected chi connectivity index (χ3v) is 5.08. The number of carbonyl (C=O) groups excluding carboxylic acids is 2. The van der Waals surface area contributed by atoms with Crippen LogP contribution in [0.25, 0.3) is 0 Å². The molecule has 0 atom stereocenters. The molecule has 0 aliphatic heterocycles. The molecular weight excluding hydrogens is 485 g/mol. The molecule has 0 saturated heterocycles. The fourth-order valence-corrected chi connectivity index (χ4v) is 3.14. The zero-order chi connectivity index (χ0) is 27.1. The molecule has 0 fully saturated rings. The summed E-state index contributed by atoms with van der Waals surface area (Å²) in [6, 6.07) is 6.01. The lowest BCUT2D eigenvalue weighted by atomic mass is 10.1. The van der Waals surface area contributed by atoms with E-state index in [9.17, 15) is 22.8 Å². The number of ether oxygens (including phenoxy) is 3. The van der Waals surface area contributed by atoms with Crippen molar-refractivity contribution in [2.75, 3.05) is 32.2 Å². The van der Waals surface area contributed by atoms with E-state index in [0.717, 1.165) is 4.90 Å². The smallest absolute Gasteiger partial charge is 0.466 e. The molecule has 0 aliphatic carbocycles. The highest BCUT2D eigenvalue weighted by Crippen LogP contribution is 2.22. The van der Waals surface area contributed by atoms with Crippen LogP contribution < -0.4 is 10.0 Å². The zero-order valence-corrected chi connectivity index (χ0v) is 22.2. The molecular formula is C24H37F3N2O5S. The summed E-state index contributed by atoms with van der Waals surface area (Å²) < 4.78 is 56.3. The second-order valence-electron chi connectivity index (χ2n) is 8.25. The van der Waals surface area contributed by atoms with E-state index in [1.807, 2.05) is 41.5 Å². The number of hydrogen-bond donors (Lipinski definition) is 2. The number of methoxy groups -OCH3 is 1. The van der Waals surface area contributed by atoms with Gasteiger partial charge < -0.3 is 19.5 Å². The first-order valence-electron chi connectivity index (χ1n) is 11.1. The van der Waals surface area contributed by atoms with Crippen molar-refractivity contribution in [2.45, 2.75) is 70.2 Å². The second kappa shape index (κ2) is 15.8. The standard InChI is InChI=1S/C22H31F3N2O5S.C2H6/c1-20(2,31-13-6-7-18(28)30-5)12-14-32-21(3,4)15-26-33-17-10-8-16(9-11-17)27-19(29)22(23,24)25;1-2/h6-11,26H,12-15H2,1-5H3,(H,27,29);1-2H3/b7-6+;. The number of halogens is 3. The van der Waals surface area contributed by atoms with Crippen LogP contribution in [-0.2, 0) is 23.8 Å². The largest absolute Gasteiger partial charge is 0.471 e. The number of carbonyl (C=O) groups is 2. The van der Waals surface area contributed by atoms with Crippen molar-refractivity contribution in [1.82, 2.24) is 4.72 Å². The summed E-state index contributed by atoms with van der Waals surface area (Å²) in [6.07, 6.45) is -1.38. The highest BCUT2D eigenvalue weighted by molar-refractivity contribution is 7.97. The van der Waals surface area contributed by atoms with Gasteiger partial charge in [0.05, 0.1) is 31.5 Å². The number of amides is 1. The van der Waals surface area contributed by atoms with Crippen LogP contribution in [0.4, 0.5) is 18.9 Å². The molecule has 0 aromatic heterocycles. The predicted molar refractivity (Wildman–Crippen MR) is 132 cm³/mol. The van der Waals surface area contributed by atoms with Gasteiger partial charge >= 0.3 is 18.1 Å². The average molecular weight is 523 g/mol. The van der Waals surface area contributed by atoms with Gasteiger partial charge in [-0.2, -0.15) is 13.2 Å². The fraction of sp³-hybridized carbons (Fsp3) is 0.583. The van der Waals surface area contributed by atoms with Crippen molar-refractivity contribution in [3.05, 3.63) is 36.4 Å². The Hall–Kier alpha value is -2.08. The van der Waals surface area contributed by atoms with Crippen molar-refractivity contribution in [1.29, 1.82) is 0 Å². The molecule has 1 aromatic rings. The molecule has 0 aliphatic rings. The van der Waals surface area contributed by atoms with Gasteiger partial charge in [0, 0.05) is 23.2 Å². The first kappa shape index (κ1) is 32.9.